The minimum atomic E-state index is -3.62. The Balaban J connectivity index is 1.66. The van der Waals surface area contributed by atoms with Crippen LogP contribution in [0.3, 0.4) is 0 Å². The molecule has 1 aliphatic heterocycles. The van der Waals surface area contributed by atoms with E-state index in [1.165, 1.54) is 25.3 Å². The van der Waals surface area contributed by atoms with Crippen molar-refractivity contribution in [3.05, 3.63) is 53.2 Å². The van der Waals surface area contributed by atoms with E-state index < -0.39 is 42.9 Å². The second-order valence-electron chi connectivity index (χ2n) is 9.71. The maximum Gasteiger partial charge on any atom is 0.292 e. The van der Waals surface area contributed by atoms with E-state index >= 15 is 4.39 Å². The Morgan fingerprint density at radius 3 is 2.51 bits per heavy atom. The summed E-state index contributed by atoms with van der Waals surface area (Å²) in [6, 6.07) is 4.59. The van der Waals surface area contributed by atoms with Crippen LogP contribution in [0.5, 0.6) is 0 Å². The van der Waals surface area contributed by atoms with Gasteiger partial charge in [0.1, 0.15) is 30.0 Å². The number of fused-ring (bicyclic) bond motifs is 1. The summed E-state index contributed by atoms with van der Waals surface area (Å²) in [4.78, 5) is 37.7. The summed E-state index contributed by atoms with van der Waals surface area (Å²) in [5, 5.41) is 5.64. The Labute approximate surface area is 224 Å². The molecule has 208 valence electrons. The molecule has 2 aromatic heterocycles. The molecule has 2 amide bonds. The molecule has 1 fully saturated rings. The topological polar surface area (TPSA) is 117 Å². The Kier molecular flexibility index (Phi) is 7.97. The molecule has 0 saturated carbocycles. The van der Waals surface area contributed by atoms with Crippen LogP contribution in [0, 0.1) is 12.7 Å². The summed E-state index contributed by atoms with van der Waals surface area (Å²) in [6.07, 6.45) is 2.12. The van der Waals surface area contributed by atoms with Crippen molar-refractivity contribution in [1.82, 2.24) is 25.2 Å². The van der Waals surface area contributed by atoms with Crippen molar-refractivity contribution in [2.45, 2.75) is 39.7 Å². The van der Waals surface area contributed by atoms with E-state index in [-0.39, 0.29) is 11.5 Å². The van der Waals surface area contributed by atoms with Gasteiger partial charge in [-0.05, 0) is 26.0 Å². The number of alkyl halides is 2. The Bertz CT molecular complexity index is 1470. The van der Waals surface area contributed by atoms with Gasteiger partial charge >= 0.3 is 0 Å². The zero-order chi connectivity index (χ0) is 28.5. The summed E-state index contributed by atoms with van der Waals surface area (Å²) in [6.45, 7) is 5.59. The first-order valence-corrected chi connectivity index (χ1v) is 14.5. The van der Waals surface area contributed by atoms with Crippen LogP contribution in [0.2, 0.25) is 0 Å². The maximum absolute atomic E-state index is 15.3. The molecule has 9 nitrogen and oxygen atoms in total. The quantitative estimate of drug-likeness (QED) is 0.422. The molecule has 0 aliphatic carbocycles. The summed E-state index contributed by atoms with van der Waals surface area (Å²) in [7, 11) is -2.88. The summed E-state index contributed by atoms with van der Waals surface area (Å²) in [5.41, 5.74) is 0.0313. The van der Waals surface area contributed by atoms with Crippen molar-refractivity contribution in [2.24, 2.45) is 0 Å². The highest BCUT2D eigenvalue weighted by Gasteiger charge is 2.36. The first-order valence-electron chi connectivity index (χ1n) is 12.5. The zero-order valence-electron chi connectivity index (χ0n) is 22.1. The predicted molar refractivity (Wildman–Crippen MR) is 142 cm³/mol. The number of hydrogen-bond donors (Lipinski definition) is 2. The number of aryl methyl sites for hydroxylation is 1. The number of halogens is 3. The number of carbonyl (C=O) groups excluding carboxylic acids is 2. The number of aromatic nitrogens is 3. The van der Waals surface area contributed by atoms with Gasteiger partial charge < -0.3 is 20.1 Å². The fraction of sp³-hybridized carbons (Fsp3) is 0.423. The number of carbonyl (C=O) groups is 2. The van der Waals surface area contributed by atoms with E-state index in [1.54, 1.807) is 24.8 Å². The molecule has 0 bridgehead atoms. The van der Waals surface area contributed by atoms with Crippen molar-refractivity contribution in [1.29, 1.82) is 0 Å². The minimum absolute atomic E-state index is 0.0157. The van der Waals surface area contributed by atoms with Crippen molar-refractivity contribution in [3.63, 3.8) is 0 Å². The lowest BCUT2D eigenvalue weighted by Crippen LogP contribution is -2.40. The normalized spacial score (nSPS) is 16.1. The van der Waals surface area contributed by atoms with Crippen LogP contribution >= 0.6 is 7.14 Å². The third kappa shape index (κ3) is 6.06. The van der Waals surface area contributed by atoms with E-state index in [4.69, 9.17) is 0 Å². The standard InChI is InChI=1S/C26H30F3N6O3P/c1-15(19-6-5-7-21(24(19)27)26(28,29)14-31-17(3)36)32-25-20-12-23(30-13-22(20)33-16(2)34-25)39(38)10-8-35(9-11-39)18(4)37/h5-7,12-13,15H,8-11,14H2,1-4H3,(H,31,36)(H,32,33,34)/t15-/m1/s1. The first kappa shape index (κ1) is 28.5. The number of nitrogens with one attached hydrogen (secondary N) is 2. The van der Waals surface area contributed by atoms with E-state index in [9.17, 15) is 22.9 Å². The first-order chi connectivity index (χ1) is 18.3. The average molecular weight is 563 g/mol. The molecule has 0 unspecified atom stereocenters. The second-order valence-corrected chi connectivity index (χ2v) is 12.8. The van der Waals surface area contributed by atoms with Gasteiger partial charge in [0.2, 0.25) is 11.8 Å². The highest BCUT2D eigenvalue weighted by Crippen LogP contribution is 2.46. The monoisotopic (exact) mass is 562 g/mol. The van der Waals surface area contributed by atoms with Gasteiger partial charge in [-0.1, -0.05) is 12.1 Å². The lowest BCUT2D eigenvalue weighted by molar-refractivity contribution is -0.128. The molecule has 1 atom stereocenters. The van der Waals surface area contributed by atoms with Gasteiger partial charge in [0.05, 0.1) is 29.9 Å². The molecule has 2 N–H and O–H groups in total. The predicted octanol–water partition coefficient (Wildman–Crippen LogP) is 3.72. The van der Waals surface area contributed by atoms with Crippen LogP contribution in [-0.2, 0) is 20.1 Å². The Hall–Kier alpha value is -3.53. The molecule has 3 heterocycles. The van der Waals surface area contributed by atoms with E-state index in [2.05, 4.69) is 20.3 Å². The van der Waals surface area contributed by atoms with Crippen LogP contribution in [0.4, 0.5) is 19.0 Å². The second kappa shape index (κ2) is 10.9. The largest absolute Gasteiger partial charge is 0.363 e. The maximum atomic E-state index is 15.3. The van der Waals surface area contributed by atoms with Crippen LogP contribution in [0.15, 0.2) is 30.5 Å². The fourth-order valence-electron chi connectivity index (χ4n) is 4.58. The molecule has 0 radical (unpaired) electrons. The van der Waals surface area contributed by atoms with E-state index in [0.717, 1.165) is 13.0 Å². The molecule has 3 aromatic rings. The molecule has 0 spiro atoms. The van der Waals surface area contributed by atoms with Gasteiger partial charge in [0.15, 0.2) is 0 Å². The number of rotatable bonds is 7. The lowest BCUT2D eigenvalue weighted by atomic mass is 10.00. The van der Waals surface area contributed by atoms with Crippen molar-refractivity contribution in [2.75, 3.05) is 37.3 Å². The summed E-state index contributed by atoms with van der Waals surface area (Å²) in [5.74, 6) is -4.70. The SMILES string of the molecule is CC(=O)NCC(F)(F)c1cccc([C@@H](C)Nc2nc(C)nc3cnc(P4(=O)CCN(C(C)=O)CC4)cc23)c1F. The molecule has 1 aromatic carbocycles. The van der Waals surface area contributed by atoms with Gasteiger partial charge in [0.25, 0.3) is 5.92 Å². The summed E-state index contributed by atoms with van der Waals surface area (Å²) < 4.78 is 58.4. The van der Waals surface area contributed by atoms with Crippen molar-refractivity contribution >= 4 is 41.1 Å². The number of hydrogen-bond acceptors (Lipinski definition) is 7. The number of nitrogens with zero attached hydrogens (tertiary/aromatic N) is 4. The lowest BCUT2D eigenvalue weighted by Gasteiger charge is -2.31. The van der Waals surface area contributed by atoms with Crippen LogP contribution in [0.1, 0.15) is 43.8 Å². The molecule has 13 heteroatoms. The molecular weight excluding hydrogens is 532 g/mol. The summed E-state index contributed by atoms with van der Waals surface area (Å²) >= 11 is 0. The van der Waals surface area contributed by atoms with Gasteiger partial charge in [0, 0.05) is 50.2 Å². The highest BCUT2D eigenvalue weighted by molar-refractivity contribution is 7.71. The Morgan fingerprint density at radius 1 is 1.18 bits per heavy atom. The Morgan fingerprint density at radius 2 is 1.87 bits per heavy atom. The number of amides is 2. The molecule has 1 aliphatic rings. The van der Waals surface area contributed by atoms with Crippen LogP contribution in [0.25, 0.3) is 10.9 Å². The van der Waals surface area contributed by atoms with E-state index in [1.807, 2.05) is 5.32 Å². The third-order valence-electron chi connectivity index (χ3n) is 6.81. The van der Waals surface area contributed by atoms with Crippen molar-refractivity contribution in [3.8, 4) is 0 Å². The van der Waals surface area contributed by atoms with Gasteiger partial charge in [-0.3, -0.25) is 14.6 Å². The number of pyridine rings is 1. The van der Waals surface area contributed by atoms with Crippen molar-refractivity contribution < 1.29 is 27.3 Å². The fourth-order valence-corrected chi connectivity index (χ4v) is 7.03. The minimum Gasteiger partial charge on any atom is -0.363 e. The van der Waals surface area contributed by atoms with E-state index in [0.29, 0.717) is 53.4 Å². The smallest absolute Gasteiger partial charge is 0.292 e. The van der Waals surface area contributed by atoms with Crippen LogP contribution < -0.4 is 16.1 Å². The molecule has 39 heavy (non-hydrogen) atoms. The molecule has 1 saturated heterocycles. The van der Waals surface area contributed by atoms with Gasteiger partial charge in [-0.2, -0.15) is 8.78 Å². The number of anilines is 1. The molecule has 4 rings (SSSR count). The van der Waals surface area contributed by atoms with Gasteiger partial charge in [-0.25, -0.2) is 14.4 Å². The van der Waals surface area contributed by atoms with Crippen LogP contribution in [-0.4, -0.2) is 63.6 Å². The number of benzene rings is 1. The van der Waals surface area contributed by atoms with Gasteiger partial charge in [-0.15, -0.1) is 0 Å². The average Bonchev–Trinajstić information content (AvgIpc) is 2.87. The zero-order valence-corrected chi connectivity index (χ0v) is 23.0. The highest BCUT2D eigenvalue weighted by atomic mass is 31.2. The molecular formula is C26H30F3N6O3P. The third-order valence-corrected chi connectivity index (χ3v) is 9.73.